The van der Waals surface area contributed by atoms with Crippen molar-refractivity contribution in [1.29, 1.82) is 0 Å². The second-order valence-electron chi connectivity index (χ2n) is 3.56. The van der Waals surface area contributed by atoms with Gasteiger partial charge in [-0.2, -0.15) is 0 Å². The van der Waals surface area contributed by atoms with Crippen LogP contribution >= 0.6 is 0 Å². The van der Waals surface area contributed by atoms with E-state index >= 15 is 0 Å². The highest BCUT2D eigenvalue weighted by molar-refractivity contribution is 5.20. The van der Waals surface area contributed by atoms with E-state index in [1.165, 1.54) is 6.26 Å². The minimum absolute atomic E-state index is 0.488. The Morgan fingerprint density at radius 3 is 2.09 bits per heavy atom. The van der Waals surface area contributed by atoms with Crippen molar-refractivity contribution in [3.63, 3.8) is 0 Å². The molecule has 0 aliphatic rings. The van der Waals surface area contributed by atoms with Crippen molar-refractivity contribution in [3.8, 4) is 5.75 Å². The third kappa shape index (κ3) is 13.6. The van der Waals surface area contributed by atoms with E-state index in [2.05, 4.69) is 5.16 Å². The number of rotatable bonds is 7. The van der Waals surface area contributed by atoms with Gasteiger partial charge in [-0.25, -0.2) is 0 Å². The van der Waals surface area contributed by atoms with Crippen LogP contribution in [0, 0.1) is 0 Å². The van der Waals surface area contributed by atoms with Crippen LogP contribution in [0.5, 0.6) is 5.75 Å². The van der Waals surface area contributed by atoms with Gasteiger partial charge in [-0.15, -0.1) is 0 Å². The summed E-state index contributed by atoms with van der Waals surface area (Å²) in [4.78, 5) is 0. The van der Waals surface area contributed by atoms with Crippen molar-refractivity contribution >= 4 is 0 Å². The molecule has 0 bridgehead atoms. The average molecular weight is 323 g/mol. The van der Waals surface area contributed by atoms with E-state index in [1.54, 1.807) is 6.07 Å². The van der Waals surface area contributed by atoms with Crippen LogP contribution in [0.25, 0.3) is 0 Å². The Bertz CT molecular complexity index is 402. The van der Waals surface area contributed by atoms with E-state index in [9.17, 15) is 0 Å². The molecular weight excluding hydrogens is 290 g/mol. The molecule has 0 aliphatic heterocycles. The van der Waals surface area contributed by atoms with Gasteiger partial charge < -0.3 is 14.0 Å². The van der Waals surface area contributed by atoms with Crippen LogP contribution in [0.4, 0.5) is 0 Å². The molecule has 1 heterocycles. The Kier molecular flexibility index (Phi) is 20.6. The second kappa shape index (κ2) is 20.2. The Hall–Kier alpha value is -1.81. The van der Waals surface area contributed by atoms with Crippen LogP contribution in [0.2, 0.25) is 0 Å². The maximum atomic E-state index is 5.53. The lowest BCUT2D eigenvalue weighted by Crippen LogP contribution is -2.03. The first-order chi connectivity index (χ1) is 11.4. The van der Waals surface area contributed by atoms with Crippen molar-refractivity contribution in [2.24, 2.45) is 0 Å². The molecule has 0 amide bonds. The SMILES string of the molecule is CC.CC.CC.c1ccc(OCCCOCc2ccon2)cc1. The van der Waals surface area contributed by atoms with Crippen LogP contribution in [0.1, 0.15) is 53.7 Å². The number of nitrogens with zero attached hydrogens (tertiary/aromatic N) is 1. The third-order valence-corrected chi connectivity index (χ3v) is 2.19. The van der Waals surface area contributed by atoms with E-state index in [1.807, 2.05) is 71.9 Å². The Labute approximate surface area is 141 Å². The standard InChI is InChI=1S/C13H15NO3.3C2H6/c1-2-5-13(6-3-1)16-9-4-8-15-11-12-7-10-17-14-12;3*1-2/h1-3,5-7,10H,4,8-9,11H2;3*1-2H3. The number of para-hydroxylation sites is 1. The predicted octanol–water partition coefficient (Wildman–Crippen LogP) is 5.74. The van der Waals surface area contributed by atoms with Crippen molar-refractivity contribution in [3.05, 3.63) is 48.4 Å². The summed E-state index contributed by atoms with van der Waals surface area (Å²) in [6.45, 7) is 13.8. The highest BCUT2D eigenvalue weighted by Gasteiger charge is 1.96. The summed E-state index contributed by atoms with van der Waals surface area (Å²) in [7, 11) is 0. The number of aromatic nitrogens is 1. The fourth-order valence-electron chi connectivity index (χ4n) is 1.36. The van der Waals surface area contributed by atoms with Gasteiger partial charge in [-0.1, -0.05) is 64.9 Å². The van der Waals surface area contributed by atoms with Crippen LogP contribution < -0.4 is 4.74 Å². The first-order valence-corrected chi connectivity index (χ1v) is 8.60. The monoisotopic (exact) mass is 323 g/mol. The minimum Gasteiger partial charge on any atom is -0.494 e. The Balaban J connectivity index is 0. The van der Waals surface area contributed by atoms with Crippen molar-refractivity contribution in [2.75, 3.05) is 13.2 Å². The molecule has 0 fully saturated rings. The largest absolute Gasteiger partial charge is 0.494 e. The summed E-state index contributed by atoms with van der Waals surface area (Å²) >= 11 is 0. The Morgan fingerprint density at radius 1 is 0.870 bits per heavy atom. The number of hydrogen-bond acceptors (Lipinski definition) is 4. The lowest BCUT2D eigenvalue weighted by atomic mass is 10.3. The number of ether oxygens (including phenoxy) is 2. The molecule has 2 aromatic rings. The van der Waals surface area contributed by atoms with E-state index in [0.717, 1.165) is 17.9 Å². The molecule has 0 saturated heterocycles. The molecule has 1 aromatic heterocycles. The van der Waals surface area contributed by atoms with Crippen molar-refractivity contribution in [2.45, 2.75) is 54.6 Å². The number of hydrogen-bond donors (Lipinski definition) is 0. The third-order valence-electron chi connectivity index (χ3n) is 2.19. The topological polar surface area (TPSA) is 44.5 Å². The first kappa shape index (κ1) is 23.5. The summed E-state index contributed by atoms with van der Waals surface area (Å²) in [6.07, 6.45) is 2.39. The highest BCUT2D eigenvalue weighted by atomic mass is 16.5. The van der Waals surface area contributed by atoms with Gasteiger partial charge in [0, 0.05) is 12.5 Å². The molecular formula is C19H33NO3. The number of benzene rings is 1. The average Bonchev–Trinajstić information content (AvgIpc) is 3.17. The molecule has 4 heteroatoms. The summed E-state index contributed by atoms with van der Waals surface area (Å²) in [5, 5.41) is 3.75. The molecule has 0 radical (unpaired) electrons. The maximum absolute atomic E-state index is 5.53. The molecule has 0 saturated carbocycles. The molecule has 2 rings (SSSR count). The summed E-state index contributed by atoms with van der Waals surface area (Å²) in [6, 6.07) is 11.5. The molecule has 132 valence electrons. The molecule has 23 heavy (non-hydrogen) atoms. The normalized spacial score (nSPS) is 8.43. The van der Waals surface area contributed by atoms with Crippen LogP contribution in [-0.4, -0.2) is 18.4 Å². The molecule has 0 N–H and O–H groups in total. The van der Waals surface area contributed by atoms with E-state index in [-0.39, 0.29) is 0 Å². The summed E-state index contributed by atoms with van der Waals surface area (Å²) in [5.41, 5.74) is 0.814. The van der Waals surface area contributed by atoms with Gasteiger partial charge in [0.15, 0.2) is 0 Å². The second-order valence-corrected chi connectivity index (χ2v) is 3.56. The van der Waals surface area contributed by atoms with Gasteiger partial charge in [0.25, 0.3) is 0 Å². The smallest absolute Gasteiger partial charge is 0.124 e. The van der Waals surface area contributed by atoms with Crippen LogP contribution in [-0.2, 0) is 11.3 Å². The Morgan fingerprint density at radius 2 is 1.52 bits per heavy atom. The highest BCUT2D eigenvalue weighted by Crippen LogP contribution is 2.08. The van der Waals surface area contributed by atoms with Gasteiger partial charge in [-0.3, -0.25) is 0 Å². The van der Waals surface area contributed by atoms with Gasteiger partial charge in [0.2, 0.25) is 0 Å². The van der Waals surface area contributed by atoms with Crippen molar-refractivity contribution < 1.29 is 14.0 Å². The molecule has 0 aliphatic carbocycles. The van der Waals surface area contributed by atoms with Gasteiger partial charge in [0.1, 0.15) is 17.7 Å². The summed E-state index contributed by atoms with van der Waals surface area (Å²) < 4.78 is 15.6. The van der Waals surface area contributed by atoms with Crippen molar-refractivity contribution in [1.82, 2.24) is 5.16 Å². The zero-order chi connectivity index (χ0) is 17.8. The molecule has 0 spiro atoms. The van der Waals surface area contributed by atoms with Gasteiger partial charge in [0.05, 0.1) is 19.8 Å². The minimum atomic E-state index is 0.488. The quantitative estimate of drug-likeness (QED) is 0.609. The van der Waals surface area contributed by atoms with E-state index in [0.29, 0.717) is 19.8 Å². The van der Waals surface area contributed by atoms with Gasteiger partial charge >= 0.3 is 0 Å². The fourth-order valence-corrected chi connectivity index (χ4v) is 1.36. The van der Waals surface area contributed by atoms with Crippen LogP contribution in [0.15, 0.2) is 47.2 Å². The van der Waals surface area contributed by atoms with E-state index < -0.39 is 0 Å². The van der Waals surface area contributed by atoms with Crippen LogP contribution in [0.3, 0.4) is 0 Å². The zero-order valence-electron chi connectivity index (χ0n) is 15.5. The lowest BCUT2D eigenvalue weighted by Gasteiger charge is -2.05. The van der Waals surface area contributed by atoms with Gasteiger partial charge in [-0.05, 0) is 12.1 Å². The fraction of sp³-hybridized carbons (Fsp3) is 0.526. The molecule has 0 atom stereocenters. The lowest BCUT2D eigenvalue weighted by molar-refractivity contribution is 0.103. The maximum Gasteiger partial charge on any atom is 0.124 e. The summed E-state index contributed by atoms with van der Waals surface area (Å²) in [5.74, 6) is 0.893. The molecule has 0 unspecified atom stereocenters. The zero-order valence-corrected chi connectivity index (χ0v) is 15.5. The predicted molar refractivity (Wildman–Crippen MR) is 96.8 cm³/mol. The first-order valence-electron chi connectivity index (χ1n) is 8.60. The molecule has 4 nitrogen and oxygen atoms in total. The molecule has 1 aromatic carbocycles. The van der Waals surface area contributed by atoms with E-state index in [4.69, 9.17) is 14.0 Å².